The van der Waals surface area contributed by atoms with Crippen molar-refractivity contribution >= 4 is 5.91 Å². The summed E-state index contributed by atoms with van der Waals surface area (Å²) in [7, 11) is 3.43. The summed E-state index contributed by atoms with van der Waals surface area (Å²) in [6.45, 7) is 4.22. The van der Waals surface area contributed by atoms with Gasteiger partial charge in [-0.25, -0.2) is 4.39 Å². The molecule has 0 aliphatic rings. The molecule has 0 aromatic heterocycles. The van der Waals surface area contributed by atoms with Gasteiger partial charge < -0.3 is 10.2 Å². The van der Waals surface area contributed by atoms with Crippen LogP contribution in [0, 0.1) is 12.7 Å². The Kier molecular flexibility index (Phi) is 4.63. The third-order valence-electron chi connectivity index (χ3n) is 2.72. The molecule has 0 fully saturated rings. The second-order valence-electron chi connectivity index (χ2n) is 4.41. The van der Waals surface area contributed by atoms with Crippen molar-refractivity contribution in [2.75, 3.05) is 14.1 Å². The maximum absolute atomic E-state index is 13.1. The van der Waals surface area contributed by atoms with Gasteiger partial charge in [0.1, 0.15) is 5.82 Å². The van der Waals surface area contributed by atoms with Crippen LogP contribution in [0.15, 0.2) is 18.2 Å². The number of benzene rings is 1. The molecule has 0 saturated heterocycles. The Hall–Kier alpha value is -1.42. The Morgan fingerprint density at radius 2 is 2.12 bits per heavy atom. The van der Waals surface area contributed by atoms with Crippen LogP contribution in [-0.4, -0.2) is 30.9 Å². The Balaban J connectivity index is 2.61. The molecule has 0 bridgehead atoms. The van der Waals surface area contributed by atoms with Crippen molar-refractivity contribution in [3.63, 3.8) is 0 Å². The zero-order valence-electron chi connectivity index (χ0n) is 10.7. The summed E-state index contributed by atoms with van der Waals surface area (Å²) in [6.07, 6.45) is 0. The Labute approximate surface area is 102 Å². The predicted octanol–water partition coefficient (Wildman–Crippen LogP) is 1.70. The number of nitrogens with one attached hydrogen (secondary N) is 1. The predicted molar refractivity (Wildman–Crippen MR) is 66.1 cm³/mol. The maximum atomic E-state index is 13.1. The number of carbonyl (C=O) groups excluding carboxylic acids is 1. The fourth-order valence-electron chi connectivity index (χ4n) is 1.57. The van der Waals surface area contributed by atoms with E-state index in [9.17, 15) is 9.18 Å². The molecule has 17 heavy (non-hydrogen) atoms. The molecule has 1 unspecified atom stereocenters. The van der Waals surface area contributed by atoms with Crippen LogP contribution in [0.25, 0.3) is 0 Å². The molecule has 0 radical (unpaired) electrons. The van der Waals surface area contributed by atoms with Gasteiger partial charge in [-0.2, -0.15) is 0 Å². The lowest BCUT2D eigenvalue weighted by Crippen LogP contribution is -2.41. The van der Waals surface area contributed by atoms with Crippen molar-refractivity contribution in [1.29, 1.82) is 0 Å². The number of aryl methyl sites for hydroxylation is 1. The van der Waals surface area contributed by atoms with Crippen LogP contribution >= 0.6 is 0 Å². The van der Waals surface area contributed by atoms with Gasteiger partial charge in [0.2, 0.25) is 5.91 Å². The molecule has 1 rings (SSSR count). The van der Waals surface area contributed by atoms with Crippen LogP contribution in [0.4, 0.5) is 4.39 Å². The second-order valence-corrected chi connectivity index (χ2v) is 4.41. The van der Waals surface area contributed by atoms with Gasteiger partial charge in [-0.05, 0) is 37.1 Å². The van der Waals surface area contributed by atoms with Gasteiger partial charge in [-0.1, -0.05) is 6.07 Å². The van der Waals surface area contributed by atoms with Gasteiger partial charge in [0.15, 0.2) is 0 Å². The summed E-state index contributed by atoms with van der Waals surface area (Å²) in [4.78, 5) is 13.1. The zero-order chi connectivity index (χ0) is 13.0. The van der Waals surface area contributed by atoms with E-state index in [1.165, 1.54) is 17.0 Å². The highest BCUT2D eigenvalue weighted by molar-refractivity contribution is 5.80. The van der Waals surface area contributed by atoms with E-state index in [0.717, 1.165) is 11.1 Å². The Morgan fingerprint density at radius 3 is 2.71 bits per heavy atom. The third-order valence-corrected chi connectivity index (χ3v) is 2.72. The molecule has 0 spiro atoms. The van der Waals surface area contributed by atoms with E-state index in [1.54, 1.807) is 27.1 Å². The average molecular weight is 238 g/mol. The lowest BCUT2D eigenvalue weighted by Gasteiger charge is -2.18. The minimum atomic E-state index is -0.271. The molecule has 94 valence electrons. The molecular formula is C13H19FN2O. The van der Waals surface area contributed by atoms with Gasteiger partial charge >= 0.3 is 0 Å². The minimum absolute atomic E-state index is 0.0130. The number of hydrogen-bond acceptors (Lipinski definition) is 2. The molecule has 0 heterocycles. The summed E-state index contributed by atoms with van der Waals surface area (Å²) >= 11 is 0. The highest BCUT2D eigenvalue weighted by atomic mass is 19.1. The van der Waals surface area contributed by atoms with Gasteiger partial charge in [-0.15, -0.1) is 0 Å². The Morgan fingerprint density at radius 1 is 1.47 bits per heavy atom. The molecule has 1 aromatic rings. The first-order valence-corrected chi connectivity index (χ1v) is 5.61. The molecule has 1 N–H and O–H groups in total. The molecule has 0 aliphatic carbocycles. The van der Waals surface area contributed by atoms with E-state index in [2.05, 4.69) is 5.32 Å². The summed E-state index contributed by atoms with van der Waals surface area (Å²) in [5.41, 5.74) is 1.90. The van der Waals surface area contributed by atoms with E-state index < -0.39 is 0 Å². The largest absolute Gasteiger partial charge is 0.347 e. The molecule has 4 heteroatoms. The number of amides is 1. The summed E-state index contributed by atoms with van der Waals surface area (Å²) in [6, 6.07) is 4.40. The van der Waals surface area contributed by atoms with E-state index in [0.29, 0.717) is 6.54 Å². The second kappa shape index (κ2) is 5.77. The third kappa shape index (κ3) is 3.82. The highest BCUT2D eigenvalue weighted by Crippen LogP contribution is 2.10. The summed E-state index contributed by atoms with van der Waals surface area (Å²) in [5, 5.41) is 3.09. The molecule has 3 nitrogen and oxygen atoms in total. The van der Waals surface area contributed by atoms with E-state index in [1.807, 2.05) is 6.92 Å². The van der Waals surface area contributed by atoms with Crippen molar-refractivity contribution in [2.45, 2.75) is 26.4 Å². The fourth-order valence-corrected chi connectivity index (χ4v) is 1.57. The number of rotatable bonds is 4. The topological polar surface area (TPSA) is 32.3 Å². The van der Waals surface area contributed by atoms with Crippen LogP contribution in [0.1, 0.15) is 18.1 Å². The van der Waals surface area contributed by atoms with Crippen molar-refractivity contribution in [3.8, 4) is 0 Å². The van der Waals surface area contributed by atoms with Crippen molar-refractivity contribution in [2.24, 2.45) is 0 Å². The van der Waals surface area contributed by atoms with Gasteiger partial charge in [-0.3, -0.25) is 4.79 Å². The van der Waals surface area contributed by atoms with Gasteiger partial charge in [0.25, 0.3) is 0 Å². The number of likely N-dealkylation sites (N-methyl/N-ethyl adjacent to an activating group) is 1. The first kappa shape index (κ1) is 13.6. The van der Waals surface area contributed by atoms with Crippen LogP contribution in [0.3, 0.4) is 0 Å². The van der Waals surface area contributed by atoms with Gasteiger partial charge in [0, 0.05) is 20.6 Å². The summed E-state index contributed by atoms with van der Waals surface area (Å²) in [5.74, 6) is -0.238. The number of nitrogens with zero attached hydrogens (tertiary/aromatic N) is 1. The highest BCUT2D eigenvalue weighted by Gasteiger charge is 2.14. The van der Waals surface area contributed by atoms with Crippen molar-refractivity contribution in [1.82, 2.24) is 10.2 Å². The van der Waals surface area contributed by atoms with Crippen LogP contribution in [0.2, 0.25) is 0 Å². The lowest BCUT2D eigenvalue weighted by molar-refractivity contribution is -0.130. The lowest BCUT2D eigenvalue weighted by atomic mass is 10.1. The zero-order valence-corrected chi connectivity index (χ0v) is 10.7. The molecule has 1 aromatic carbocycles. The van der Waals surface area contributed by atoms with Crippen molar-refractivity contribution < 1.29 is 9.18 Å². The smallest absolute Gasteiger partial charge is 0.238 e. The quantitative estimate of drug-likeness (QED) is 0.866. The maximum Gasteiger partial charge on any atom is 0.238 e. The Bertz CT molecular complexity index is 404. The first-order chi connectivity index (χ1) is 7.91. The van der Waals surface area contributed by atoms with Crippen molar-refractivity contribution in [3.05, 3.63) is 35.1 Å². The monoisotopic (exact) mass is 238 g/mol. The minimum Gasteiger partial charge on any atom is -0.347 e. The van der Waals surface area contributed by atoms with E-state index in [4.69, 9.17) is 0 Å². The molecule has 1 amide bonds. The molecular weight excluding hydrogens is 219 g/mol. The van der Waals surface area contributed by atoms with E-state index in [-0.39, 0.29) is 17.8 Å². The fraction of sp³-hybridized carbons (Fsp3) is 0.462. The number of halogens is 1. The standard InChI is InChI=1S/C13H19FN2O/c1-9-5-6-12(14)7-11(9)8-15-10(2)13(17)16(3)4/h5-7,10,15H,8H2,1-4H3. The van der Waals surface area contributed by atoms with Crippen LogP contribution < -0.4 is 5.32 Å². The van der Waals surface area contributed by atoms with Crippen LogP contribution in [0.5, 0.6) is 0 Å². The number of carbonyl (C=O) groups is 1. The SMILES string of the molecule is Cc1ccc(F)cc1CNC(C)C(=O)N(C)C. The van der Waals surface area contributed by atoms with Gasteiger partial charge in [0.05, 0.1) is 6.04 Å². The molecule has 1 atom stereocenters. The number of hydrogen-bond donors (Lipinski definition) is 1. The summed E-state index contributed by atoms with van der Waals surface area (Å²) < 4.78 is 13.1. The normalized spacial score (nSPS) is 12.3. The molecule has 0 saturated carbocycles. The van der Waals surface area contributed by atoms with E-state index >= 15 is 0 Å². The molecule has 0 aliphatic heterocycles. The van der Waals surface area contributed by atoms with Crippen LogP contribution in [-0.2, 0) is 11.3 Å². The first-order valence-electron chi connectivity index (χ1n) is 5.61. The average Bonchev–Trinajstić information content (AvgIpc) is 2.28.